The lowest BCUT2D eigenvalue weighted by Gasteiger charge is -2.19. The molecule has 0 radical (unpaired) electrons. The number of halogens is 1. The topological polar surface area (TPSA) is 119 Å². The van der Waals surface area contributed by atoms with E-state index in [0.29, 0.717) is 28.6 Å². The molecule has 0 saturated heterocycles. The van der Waals surface area contributed by atoms with Crippen LogP contribution in [0.3, 0.4) is 0 Å². The number of furan rings is 1. The Bertz CT molecular complexity index is 1150. The molecule has 3 aromatic rings. The molecule has 3 N–H and O–H groups in total. The number of rotatable bonds is 6. The standard InChI is InChI=1S/C21H16ClN3O6/c22-14-8-16-18(31-11-20(27)25-16)9-15(14)24-19(26)10-30-13-4-1-3-12(7-13)23-21(28)17-5-2-6-29-17/h1-9H,10-11H2,(H,23,28)(H,24,26)(H,25,27). The highest BCUT2D eigenvalue weighted by atomic mass is 35.5. The summed E-state index contributed by atoms with van der Waals surface area (Å²) in [5, 5.41) is 8.18. The zero-order chi connectivity index (χ0) is 21.8. The van der Waals surface area contributed by atoms with Crippen LogP contribution in [0.2, 0.25) is 5.02 Å². The number of hydrogen-bond donors (Lipinski definition) is 3. The predicted molar refractivity (Wildman–Crippen MR) is 113 cm³/mol. The Morgan fingerprint density at radius 3 is 2.81 bits per heavy atom. The monoisotopic (exact) mass is 441 g/mol. The van der Waals surface area contributed by atoms with E-state index in [4.69, 9.17) is 25.5 Å². The molecular weight excluding hydrogens is 426 g/mol. The second-order valence-corrected chi connectivity index (χ2v) is 6.87. The molecule has 0 fully saturated rings. The molecule has 2 heterocycles. The summed E-state index contributed by atoms with van der Waals surface area (Å²) in [7, 11) is 0. The first-order valence-corrected chi connectivity index (χ1v) is 9.49. The number of fused-ring (bicyclic) bond motifs is 1. The first-order chi connectivity index (χ1) is 15.0. The summed E-state index contributed by atoms with van der Waals surface area (Å²) < 4.78 is 15.9. The van der Waals surface area contributed by atoms with Gasteiger partial charge in [-0.1, -0.05) is 17.7 Å². The zero-order valence-electron chi connectivity index (χ0n) is 15.9. The van der Waals surface area contributed by atoms with Gasteiger partial charge in [-0.25, -0.2) is 0 Å². The molecule has 4 rings (SSSR count). The summed E-state index contributed by atoms with van der Waals surface area (Å²) in [5.41, 5.74) is 1.24. The van der Waals surface area contributed by atoms with Crippen molar-refractivity contribution in [3.63, 3.8) is 0 Å². The van der Waals surface area contributed by atoms with E-state index in [9.17, 15) is 14.4 Å². The van der Waals surface area contributed by atoms with Gasteiger partial charge in [0.2, 0.25) is 0 Å². The second kappa shape index (κ2) is 8.80. The lowest BCUT2D eigenvalue weighted by atomic mass is 10.2. The maximum Gasteiger partial charge on any atom is 0.291 e. The predicted octanol–water partition coefficient (Wildman–Crippen LogP) is 3.53. The molecule has 0 saturated carbocycles. The maximum atomic E-state index is 12.3. The van der Waals surface area contributed by atoms with E-state index in [1.54, 1.807) is 36.4 Å². The smallest absolute Gasteiger partial charge is 0.291 e. The van der Waals surface area contributed by atoms with Crippen LogP contribution in [0.15, 0.2) is 59.2 Å². The Hall–Kier alpha value is -3.98. The minimum atomic E-state index is -0.452. The third-order valence-corrected chi connectivity index (χ3v) is 4.50. The fourth-order valence-corrected chi connectivity index (χ4v) is 3.01. The molecule has 0 aliphatic carbocycles. The van der Waals surface area contributed by atoms with Crippen molar-refractivity contribution in [3.05, 3.63) is 65.6 Å². The third kappa shape index (κ3) is 4.96. The molecule has 10 heteroatoms. The molecule has 9 nitrogen and oxygen atoms in total. The van der Waals surface area contributed by atoms with Gasteiger partial charge in [-0.2, -0.15) is 0 Å². The van der Waals surface area contributed by atoms with Crippen molar-refractivity contribution in [2.45, 2.75) is 0 Å². The minimum absolute atomic E-state index is 0.113. The van der Waals surface area contributed by atoms with Gasteiger partial charge in [0.05, 0.1) is 22.7 Å². The van der Waals surface area contributed by atoms with Crippen LogP contribution in [0.1, 0.15) is 10.6 Å². The Morgan fingerprint density at radius 2 is 2.00 bits per heavy atom. The van der Waals surface area contributed by atoms with E-state index < -0.39 is 11.8 Å². The van der Waals surface area contributed by atoms with Crippen molar-refractivity contribution in [1.29, 1.82) is 0 Å². The summed E-state index contributed by atoms with van der Waals surface area (Å²) in [6.45, 7) is -0.404. The lowest BCUT2D eigenvalue weighted by molar-refractivity contribution is -0.119. The van der Waals surface area contributed by atoms with E-state index in [1.807, 2.05) is 0 Å². The first-order valence-electron chi connectivity index (χ1n) is 9.12. The molecule has 0 bridgehead atoms. The summed E-state index contributed by atoms with van der Waals surface area (Å²) in [6, 6.07) is 12.8. The van der Waals surface area contributed by atoms with Crippen LogP contribution < -0.4 is 25.4 Å². The molecule has 3 amide bonds. The molecule has 2 aromatic carbocycles. The molecule has 0 atom stereocenters. The zero-order valence-corrected chi connectivity index (χ0v) is 16.7. The summed E-state index contributed by atoms with van der Waals surface area (Å²) in [5.74, 6) is -0.172. The fraction of sp³-hybridized carbons (Fsp3) is 0.0952. The number of amides is 3. The lowest BCUT2D eigenvalue weighted by Crippen LogP contribution is -2.26. The van der Waals surface area contributed by atoms with E-state index in [1.165, 1.54) is 18.4 Å². The molecule has 1 aliphatic heterocycles. The van der Waals surface area contributed by atoms with Gasteiger partial charge in [0, 0.05) is 17.8 Å². The van der Waals surface area contributed by atoms with Crippen molar-refractivity contribution in [1.82, 2.24) is 0 Å². The number of ether oxygens (including phenoxy) is 2. The van der Waals surface area contributed by atoms with Crippen LogP contribution in [-0.4, -0.2) is 30.9 Å². The van der Waals surface area contributed by atoms with Crippen molar-refractivity contribution in [2.24, 2.45) is 0 Å². The SMILES string of the molecule is O=C(COc1cccc(NC(=O)c2ccco2)c1)Nc1cc2c(cc1Cl)NC(=O)CO2. The van der Waals surface area contributed by atoms with Gasteiger partial charge in [-0.15, -0.1) is 0 Å². The largest absolute Gasteiger partial charge is 0.484 e. The second-order valence-electron chi connectivity index (χ2n) is 6.46. The number of hydrogen-bond acceptors (Lipinski definition) is 6. The number of nitrogens with one attached hydrogen (secondary N) is 3. The highest BCUT2D eigenvalue weighted by Gasteiger charge is 2.19. The average molecular weight is 442 g/mol. The molecule has 1 aliphatic rings. The van der Waals surface area contributed by atoms with Crippen LogP contribution in [0.4, 0.5) is 17.1 Å². The molecule has 31 heavy (non-hydrogen) atoms. The number of carbonyl (C=O) groups excluding carboxylic acids is 3. The average Bonchev–Trinajstić information content (AvgIpc) is 3.28. The van der Waals surface area contributed by atoms with Crippen LogP contribution in [0.5, 0.6) is 11.5 Å². The van der Waals surface area contributed by atoms with Crippen molar-refractivity contribution >= 4 is 46.4 Å². The number of anilines is 3. The van der Waals surface area contributed by atoms with Crippen LogP contribution in [0, 0.1) is 0 Å². The van der Waals surface area contributed by atoms with Gasteiger partial charge in [0.1, 0.15) is 11.5 Å². The quantitative estimate of drug-likeness (QED) is 0.538. The van der Waals surface area contributed by atoms with Crippen LogP contribution in [-0.2, 0) is 9.59 Å². The highest BCUT2D eigenvalue weighted by Crippen LogP contribution is 2.36. The van der Waals surface area contributed by atoms with Crippen molar-refractivity contribution in [3.8, 4) is 11.5 Å². The van der Waals surface area contributed by atoms with Gasteiger partial charge < -0.3 is 29.8 Å². The molecule has 158 valence electrons. The van der Waals surface area contributed by atoms with Crippen LogP contribution in [0.25, 0.3) is 0 Å². The van der Waals surface area contributed by atoms with Gasteiger partial charge >= 0.3 is 0 Å². The Labute approximate surface area is 181 Å². The number of benzene rings is 2. The molecule has 0 spiro atoms. The Balaban J connectivity index is 1.35. The van der Waals surface area contributed by atoms with Gasteiger partial charge in [0.25, 0.3) is 17.7 Å². The normalized spacial score (nSPS) is 12.2. The number of carbonyl (C=O) groups is 3. The molecule has 1 aromatic heterocycles. The van der Waals surface area contributed by atoms with E-state index >= 15 is 0 Å². The third-order valence-electron chi connectivity index (χ3n) is 4.18. The molecular formula is C21H16ClN3O6. The van der Waals surface area contributed by atoms with E-state index in [-0.39, 0.29) is 29.9 Å². The van der Waals surface area contributed by atoms with E-state index in [0.717, 1.165) is 0 Å². The minimum Gasteiger partial charge on any atom is -0.484 e. The maximum absolute atomic E-state index is 12.3. The highest BCUT2D eigenvalue weighted by molar-refractivity contribution is 6.34. The van der Waals surface area contributed by atoms with Gasteiger partial charge in [0.15, 0.2) is 19.0 Å². The summed E-state index contributed by atoms with van der Waals surface area (Å²) in [4.78, 5) is 35.7. The summed E-state index contributed by atoms with van der Waals surface area (Å²) in [6.07, 6.45) is 1.41. The Morgan fingerprint density at radius 1 is 1.13 bits per heavy atom. The first kappa shape index (κ1) is 20.3. The van der Waals surface area contributed by atoms with E-state index in [2.05, 4.69) is 16.0 Å². The molecule has 0 unspecified atom stereocenters. The van der Waals surface area contributed by atoms with Gasteiger partial charge in [-0.05, 0) is 30.3 Å². The van der Waals surface area contributed by atoms with Crippen LogP contribution >= 0.6 is 11.6 Å². The fourth-order valence-electron chi connectivity index (χ4n) is 2.80. The van der Waals surface area contributed by atoms with Crippen molar-refractivity contribution < 1.29 is 28.3 Å². The van der Waals surface area contributed by atoms with Crippen molar-refractivity contribution in [2.75, 3.05) is 29.2 Å². The van der Waals surface area contributed by atoms with Gasteiger partial charge in [-0.3, -0.25) is 14.4 Å². The Kier molecular flexibility index (Phi) is 5.76. The summed E-state index contributed by atoms with van der Waals surface area (Å²) >= 11 is 6.17.